The SMILES string of the molecule is COc1ccc(C(CNC(=O)CNC(=O)C23CC4CC(CC(C4)C2)C3)N(C)C)cc1. The molecule has 30 heavy (non-hydrogen) atoms. The lowest BCUT2D eigenvalue weighted by molar-refractivity contribution is -0.147. The zero-order valence-corrected chi connectivity index (χ0v) is 18.4. The van der Waals surface area contributed by atoms with Crippen molar-refractivity contribution in [3.63, 3.8) is 0 Å². The number of hydrogen-bond acceptors (Lipinski definition) is 4. The van der Waals surface area contributed by atoms with Crippen LogP contribution in [0.15, 0.2) is 24.3 Å². The van der Waals surface area contributed by atoms with E-state index in [1.807, 2.05) is 38.4 Å². The molecular formula is C24H35N3O3. The number of nitrogens with one attached hydrogen (secondary N) is 2. The summed E-state index contributed by atoms with van der Waals surface area (Å²) >= 11 is 0. The van der Waals surface area contributed by atoms with Gasteiger partial charge < -0.3 is 20.3 Å². The van der Waals surface area contributed by atoms with E-state index in [1.54, 1.807) is 7.11 Å². The molecule has 0 spiro atoms. The zero-order valence-electron chi connectivity index (χ0n) is 18.4. The quantitative estimate of drug-likeness (QED) is 0.688. The molecule has 6 heteroatoms. The third-order valence-corrected chi connectivity index (χ3v) is 7.55. The lowest BCUT2D eigenvalue weighted by atomic mass is 9.49. The van der Waals surface area contributed by atoms with E-state index < -0.39 is 0 Å². The van der Waals surface area contributed by atoms with Gasteiger partial charge in [0.25, 0.3) is 0 Å². The molecule has 4 bridgehead atoms. The van der Waals surface area contributed by atoms with Crippen molar-refractivity contribution in [2.75, 3.05) is 34.3 Å². The molecule has 164 valence electrons. The van der Waals surface area contributed by atoms with Gasteiger partial charge in [0, 0.05) is 12.0 Å². The highest BCUT2D eigenvalue weighted by atomic mass is 16.5. The van der Waals surface area contributed by atoms with Gasteiger partial charge in [-0.25, -0.2) is 0 Å². The van der Waals surface area contributed by atoms with Gasteiger partial charge in [-0.2, -0.15) is 0 Å². The zero-order chi connectivity index (χ0) is 21.3. The summed E-state index contributed by atoms with van der Waals surface area (Å²) < 4.78 is 5.23. The second-order valence-electron chi connectivity index (χ2n) is 9.94. The summed E-state index contributed by atoms with van der Waals surface area (Å²) in [6.45, 7) is 0.550. The Morgan fingerprint density at radius 1 is 1.03 bits per heavy atom. The van der Waals surface area contributed by atoms with E-state index in [0.717, 1.165) is 48.3 Å². The summed E-state index contributed by atoms with van der Waals surface area (Å²) in [7, 11) is 5.64. The molecule has 1 unspecified atom stereocenters. The molecule has 4 saturated carbocycles. The molecular weight excluding hydrogens is 378 g/mol. The third-order valence-electron chi connectivity index (χ3n) is 7.55. The second kappa shape index (κ2) is 8.58. The molecule has 0 heterocycles. The number of carbonyl (C=O) groups excluding carboxylic acids is 2. The summed E-state index contributed by atoms with van der Waals surface area (Å²) in [6, 6.07) is 7.95. The largest absolute Gasteiger partial charge is 0.497 e. The van der Waals surface area contributed by atoms with Gasteiger partial charge in [0.15, 0.2) is 0 Å². The fourth-order valence-corrected chi connectivity index (χ4v) is 6.43. The standard InChI is InChI=1S/C24H35N3O3/c1-27(2)21(19-4-6-20(30-3)7-5-19)14-25-22(28)15-26-23(29)24-11-16-8-17(12-24)10-18(9-16)13-24/h4-7,16-18,21H,8-15H2,1-3H3,(H,25,28)(H,26,29). The van der Waals surface area contributed by atoms with Crippen LogP contribution in [0.25, 0.3) is 0 Å². The number of amides is 2. The molecule has 0 saturated heterocycles. The molecule has 4 aliphatic carbocycles. The fourth-order valence-electron chi connectivity index (χ4n) is 6.43. The van der Waals surface area contributed by atoms with E-state index in [1.165, 1.54) is 19.3 Å². The van der Waals surface area contributed by atoms with Gasteiger partial charge in [-0.15, -0.1) is 0 Å². The van der Waals surface area contributed by atoms with Gasteiger partial charge >= 0.3 is 0 Å². The molecule has 0 aliphatic heterocycles. The smallest absolute Gasteiger partial charge is 0.239 e. The van der Waals surface area contributed by atoms with E-state index in [4.69, 9.17) is 4.74 Å². The van der Waals surface area contributed by atoms with Gasteiger partial charge in [0.2, 0.25) is 11.8 Å². The Morgan fingerprint density at radius 2 is 1.60 bits per heavy atom. The van der Waals surface area contributed by atoms with Crippen molar-refractivity contribution in [3.05, 3.63) is 29.8 Å². The van der Waals surface area contributed by atoms with Crippen LogP contribution in [0.4, 0.5) is 0 Å². The monoisotopic (exact) mass is 413 g/mol. The first-order valence-corrected chi connectivity index (χ1v) is 11.2. The number of methoxy groups -OCH3 is 1. The van der Waals surface area contributed by atoms with Gasteiger partial charge in [-0.1, -0.05) is 12.1 Å². The van der Waals surface area contributed by atoms with Gasteiger partial charge in [-0.3, -0.25) is 9.59 Å². The molecule has 1 aromatic rings. The first-order chi connectivity index (χ1) is 14.4. The Morgan fingerprint density at radius 3 is 2.10 bits per heavy atom. The molecule has 0 aromatic heterocycles. The van der Waals surface area contributed by atoms with E-state index in [2.05, 4.69) is 15.5 Å². The van der Waals surface area contributed by atoms with Gasteiger partial charge in [0.1, 0.15) is 5.75 Å². The Bertz CT molecular complexity index is 739. The Labute approximate surface area is 179 Å². The van der Waals surface area contributed by atoms with E-state index in [-0.39, 0.29) is 29.8 Å². The maximum atomic E-state index is 13.0. The van der Waals surface area contributed by atoms with Crippen molar-refractivity contribution in [2.24, 2.45) is 23.2 Å². The van der Waals surface area contributed by atoms with Crippen LogP contribution in [-0.4, -0.2) is 51.0 Å². The molecule has 4 aliphatic rings. The van der Waals surface area contributed by atoms with Gasteiger partial charge in [-0.05, 0) is 88.1 Å². The van der Waals surface area contributed by atoms with Crippen molar-refractivity contribution < 1.29 is 14.3 Å². The number of hydrogen-bond donors (Lipinski definition) is 2. The predicted octanol–water partition coefficient (Wildman–Crippen LogP) is 2.75. The van der Waals surface area contributed by atoms with Gasteiger partial charge in [0.05, 0.1) is 19.7 Å². The Kier molecular flexibility index (Phi) is 6.05. The summed E-state index contributed by atoms with van der Waals surface area (Å²) in [5.74, 6) is 2.96. The van der Waals surface area contributed by atoms with Crippen LogP contribution in [0.1, 0.15) is 50.1 Å². The normalized spacial score (nSPS) is 30.2. The average molecular weight is 414 g/mol. The summed E-state index contributed by atoms with van der Waals surface area (Å²) in [5, 5.41) is 5.96. The topological polar surface area (TPSA) is 70.7 Å². The summed E-state index contributed by atoms with van der Waals surface area (Å²) in [6.07, 6.45) is 6.99. The van der Waals surface area contributed by atoms with Crippen molar-refractivity contribution in [3.8, 4) is 5.75 Å². The molecule has 0 radical (unpaired) electrons. The number of ether oxygens (including phenoxy) is 1. The Balaban J connectivity index is 1.28. The minimum absolute atomic E-state index is 0.0544. The molecule has 1 aromatic carbocycles. The van der Waals surface area contributed by atoms with Crippen LogP contribution >= 0.6 is 0 Å². The number of nitrogens with zero attached hydrogens (tertiary/aromatic N) is 1. The number of carbonyl (C=O) groups is 2. The molecule has 5 rings (SSSR count). The number of likely N-dealkylation sites (N-methyl/N-ethyl adjacent to an activating group) is 1. The van der Waals surface area contributed by atoms with Crippen LogP contribution in [-0.2, 0) is 9.59 Å². The maximum Gasteiger partial charge on any atom is 0.239 e. The van der Waals surface area contributed by atoms with Crippen LogP contribution in [0.5, 0.6) is 5.75 Å². The predicted molar refractivity (Wildman–Crippen MR) is 116 cm³/mol. The molecule has 2 N–H and O–H groups in total. The van der Waals surface area contributed by atoms with Crippen molar-refractivity contribution >= 4 is 11.8 Å². The summed E-state index contributed by atoms with van der Waals surface area (Å²) in [5.41, 5.74) is 0.906. The minimum atomic E-state index is -0.204. The van der Waals surface area contributed by atoms with Crippen molar-refractivity contribution in [1.29, 1.82) is 0 Å². The van der Waals surface area contributed by atoms with E-state index in [0.29, 0.717) is 6.54 Å². The Hall–Kier alpha value is -2.08. The first kappa shape index (κ1) is 21.2. The molecule has 1 atom stereocenters. The van der Waals surface area contributed by atoms with E-state index in [9.17, 15) is 9.59 Å². The van der Waals surface area contributed by atoms with Crippen LogP contribution in [0, 0.1) is 23.2 Å². The first-order valence-electron chi connectivity index (χ1n) is 11.2. The number of rotatable bonds is 8. The highest BCUT2D eigenvalue weighted by Crippen LogP contribution is 2.60. The van der Waals surface area contributed by atoms with Crippen molar-refractivity contribution in [2.45, 2.75) is 44.6 Å². The summed E-state index contributed by atoms with van der Waals surface area (Å²) in [4.78, 5) is 27.6. The number of benzene rings is 1. The average Bonchev–Trinajstić information content (AvgIpc) is 2.71. The second-order valence-corrected chi connectivity index (χ2v) is 9.94. The van der Waals surface area contributed by atoms with E-state index >= 15 is 0 Å². The third kappa shape index (κ3) is 4.34. The molecule has 4 fully saturated rings. The fraction of sp³-hybridized carbons (Fsp3) is 0.667. The lowest BCUT2D eigenvalue weighted by Crippen LogP contribution is -2.54. The maximum absolute atomic E-state index is 13.0. The highest BCUT2D eigenvalue weighted by Gasteiger charge is 2.54. The van der Waals surface area contributed by atoms with Crippen LogP contribution < -0.4 is 15.4 Å². The van der Waals surface area contributed by atoms with Crippen molar-refractivity contribution in [1.82, 2.24) is 15.5 Å². The highest BCUT2D eigenvalue weighted by molar-refractivity contribution is 5.88. The lowest BCUT2D eigenvalue weighted by Gasteiger charge is -2.55. The van der Waals surface area contributed by atoms with Crippen LogP contribution in [0.2, 0.25) is 0 Å². The minimum Gasteiger partial charge on any atom is -0.497 e. The van der Waals surface area contributed by atoms with Crippen LogP contribution in [0.3, 0.4) is 0 Å². The molecule has 6 nitrogen and oxygen atoms in total. The molecule has 2 amide bonds.